The number of ether oxygens (including phenoxy) is 2. The summed E-state index contributed by atoms with van der Waals surface area (Å²) in [5.74, 6) is 2.38. The fourth-order valence-electron chi connectivity index (χ4n) is 5.28. The number of rotatable bonds is 22. The Hall–Kier alpha value is -3.21. The number of unbranched alkanes of at least 4 members (excludes halogenated alkanes) is 10. The minimum Gasteiger partial charge on any atom is -0.494 e. The highest BCUT2D eigenvalue weighted by atomic mass is 16.5. The van der Waals surface area contributed by atoms with Gasteiger partial charge in [-0.05, 0) is 79.3 Å². The summed E-state index contributed by atoms with van der Waals surface area (Å²) in [6, 6.07) is 14.5. The van der Waals surface area contributed by atoms with Gasteiger partial charge in [0.1, 0.15) is 11.5 Å². The molecule has 1 atom stereocenters. The average molecular weight is 587 g/mol. The second kappa shape index (κ2) is 20.7. The number of hydrogen-bond donors (Lipinski definition) is 0. The van der Waals surface area contributed by atoms with Crippen molar-refractivity contribution in [3.63, 3.8) is 0 Å². The first-order valence-electron chi connectivity index (χ1n) is 17.0. The van der Waals surface area contributed by atoms with Gasteiger partial charge in [-0.25, -0.2) is 14.8 Å². The largest absolute Gasteiger partial charge is 0.494 e. The topological polar surface area (TPSA) is 61.3 Å². The van der Waals surface area contributed by atoms with Crippen molar-refractivity contribution in [2.75, 3.05) is 6.61 Å². The van der Waals surface area contributed by atoms with Crippen LogP contribution in [-0.4, -0.2) is 22.5 Å². The van der Waals surface area contributed by atoms with E-state index in [0.29, 0.717) is 23.7 Å². The Bertz CT molecular complexity index is 1140. The number of esters is 1. The van der Waals surface area contributed by atoms with Gasteiger partial charge in [0.05, 0.1) is 12.2 Å². The van der Waals surface area contributed by atoms with Gasteiger partial charge in [-0.1, -0.05) is 104 Å². The molecular formula is C38H54N2O3. The lowest BCUT2D eigenvalue weighted by Gasteiger charge is -2.11. The van der Waals surface area contributed by atoms with Crippen molar-refractivity contribution in [3.8, 4) is 22.9 Å². The van der Waals surface area contributed by atoms with Crippen LogP contribution in [0.5, 0.6) is 11.5 Å². The van der Waals surface area contributed by atoms with E-state index in [-0.39, 0.29) is 0 Å². The highest BCUT2D eigenvalue weighted by Crippen LogP contribution is 2.22. The fraction of sp³-hybridized carbons (Fsp3) is 0.553. The molecule has 0 spiro atoms. The summed E-state index contributed by atoms with van der Waals surface area (Å²) in [7, 11) is 0. The minimum absolute atomic E-state index is 0.391. The fourth-order valence-corrected chi connectivity index (χ4v) is 5.28. The Labute approximate surface area is 260 Å². The Balaban J connectivity index is 1.34. The van der Waals surface area contributed by atoms with Crippen molar-refractivity contribution in [3.05, 3.63) is 72.1 Å². The van der Waals surface area contributed by atoms with Gasteiger partial charge in [-0.15, -0.1) is 0 Å². The van der Waals surface area contributed by atoms with E-state index in [9.17, 15) is 4.79 Å². The van der Waals surface area contributed by atoms with Crippen molar-refractivity contribution in [2.24, 2.45) is 5.92 Å². The molecule has 0 aliphatic rings. The van der Waals surface area contributed by atoms with E-state index in [4.69, 9.17) is 9.47 Å². The van der Waals surface area contributed by atoms with E-state index in [0.717, 1.165) is 30.1 Å². The van der Waals surface area contributed by atoms with Crippen LogP contribution in [0.15, 0.2) is 60.9 Å². The molecule has 0 saturated carbocycles. The highest BCUT2D eigenvalue weighted by molar-refractivity contribution is 5.91. The number of nitrogens with zero attached hydrogens (tertiary/aromatic N) is 2. The van der Waals surface area contributed by atoms with Crippen molar-refractivity contribution >= 4 is 5.97 Å². The molecule has 0 aliphatic carbocycles. The van der Waals surface area contributed by atoms with Crippen molar-refractivity contribution < 1.29 is 14.3 Å². The van der Waals surface area contributed by atoms with Crippen LogP contribution in [-0.2, 0) is 6.42 Å². The summed E-state index contributed by atoms with van der Waals surface area (Å²) in [5.41, 5.74) is 2.57. The zero-order valence-electron chi connectivity index (χ0n) is 27.0. The molecule has 43 heavy (non-hydrogen) atoms. The normalized spacial score (nSPS) is 11.8. The van der Waals surface area contributed by atoms with Crippen LogP contribution >= 0.6 is 0 Å². The van der Waals surface area contributed by atoms with Crippen molar-refractivity contribution in [1.82, 2.24) is 9.97 Å². The summed E-state index contributed by atoms with van der Waals surface area (Å²) in [4.78, 5) is 21.8. The number of benzene rings is 2. The molecule has 2 aromatic carbocycles. The smallest absolute Gasteiger partial charge is 0.343 e. The predicted molar refractivity (Wildman–Crippen MR) is 178 cm³/mol. The predicted octanol–water partition coefficient (Wildman–Crippen LogP) is 10.8. The molecule has 0 amide bonds. The van der Waals surface area contributed by atoms with Gasteiger partial charge >= 0.3 is 5.97 Å². The molecule has 3 aromatic rings. The molecule has 5 nitrogen and oxygen atoms in total. The first kappa shape index (κ1) is 34.3. The molecule has 0 N–H and O–H groups in total. The third-order valence-electron chi connectivity index (χ3n) is 8.10. The second-order valence-corrected chi connectivity index (χ2v) is 12.0. The molecule has 0 unspecified atom stereocenters. The number of aryl methyl sites for hydroxylation is 1. The molecule has 0 aliphatic heterocycles. The highest BCUT2D eigenvalue weighted by Gasteiger charge is 2.10. The van der Waals surface area contributed by atoms with Gasteiger partial charge in [0.25, 0.3) is 0 Å². The second-order valence-electron chi connectivity index (χ2n) is 12.0. The van der Waals surface area contributed by atoms with Crippen LogP contribution in [0.3, 0.4) is 0 Å². The number of carbonyl (C=O) groups excluding carboxylic acids is 1. The van der Waals surface area contributed by atoms with Crippen LogP contribution in [0.4, 0.5) is 0 Å². The maximum atomic E-state index is 12.7. The van der Waals surface area contributed by atoms with E-state index in [2.05, 4.69) is 30.7 Å². The lowest BCUT2D eigenvalue weighted by molar-refractivity contribution is 0.0734. The van der Waals surface area contributed by atoms with Crippen LogP contribution < -0.4 is 9.47 Å². The summed E-state index contributed by atoms with van der Waals surface area (Å²) in [6.07, 6.45) is 24.2. The third-order valence-corrected chi connectivity index (χ3v) is 8.10. The summed E-state index contributed by atoms with van der Waals surface area (Å²) < 4.78 is 11.5. The van der Waals surface area contributed by atoms with Crippen molar-refractivity contribution in [1.29, 1.82) is 0 Å². The third kappa shape index (κ3) is 13.8. The molecular weight excluding hydrogens is 532 g/mol. The summed E-state index contributed by atoms with van der Waals surface area (Å²) in [6.45, 7) is 7.58. The average Bonchev–Trinajstić information content (AvgIpc) is 3.04. The Morgan fingerprint density at radius 1 is 0.674 bits per heavy atom. The van der Waals surface area contributed by atoms with Gasteiger partial charge in [-0.3, -0.25) is 0 Å². The lowest BCUT2D eigenvalue weighted by atomic mass is 9.98. The van der Waals surface area contributed by atoms with E-state index in [1.165, 1.54) is 95.5 Å². The van der Waals surface area contributed by atoms with Crippen LogP contribution in [0.2, 0.25) is 0 Å². The zero-order valence-corrected chi connectivity index (χ0v) is 27.0. The van der Waals surface area contributed by atoms with Gasteiger partial charge in [0.2, 0.25) is 0 Å². The Morgan fingerprint density at radius 3 is 1.93 bits per heavy atom. The van der Waals surface area contributed by atoms with Crippen molar-refractivity contribution in [2.45, 2.75) is 124 Å². The maximum Gasteiger partial charge on any atom is 0.343 e. The van der Waals surface area contributed by atoms with Gasteiger partial charge in [-0.2, -0.15) is 0 Å². The SMILES string of the molecule is CCCCCCCCCCc1cnc(-c2ccc(OC(=O)c3ccc(OCCCCC[C@@H](C)CCCC)cc3)cc2)nc1. The zero-order chi connectivity index (χ0) is 30.5. The van der Waals surface area contributed by atoms with Gasteiger partial charge in [0, 0.05) is 18.0 Å². The molecule has 0 radical (unpaired) electrons. The molecule has 0 bridgehead atoms. The van der Waals surface area contributed by atoms with E-state index in [1.807, 2.05) is 36.7 Å². The van der Waals surface area contributed by atoms with Crippen LogP contribution in [0.25, 0.3) is 11.4 Å². The molecule has 0 fully saturated rings. The quantitative estimate of drug-likeness (QED) is 0.0666. The Kier molecular flexibility index (Phi) is 16.5. The van der Waals surface area contributed by atoms with E-state index < -0.39 is 5.97 Å². The first-order valence-corrected chi connectivity index (χ1v) is 17.0. The number of hydrogen-bond acceptors (Lipinski definition) is 5. The van der Waals surface area contributed by atoms with E-state index in [1.54, 1.807) is 24.3 Å². The molecule has 1 heterocycles. The molecule has 5 heteroatoms. The molecule has 0 saturated heterocycles. The maximum absolute atomic E-state index is 12.7. The Morgan fingerprint density at radius 2 is 1.26 bits per heavy atom. The summed E-state index contributed by atoms with van der Waals surface area (Å²) in [5, 5.41) is 0. The first-order chi connectivity index (χ1) is 21.1. The molecule has 3 rings (SSSR count). The minimum atomic E-state index is -0.391. The number of carbonyl (C=O) groups is 1. The molecule has 1 aromatic heterocycles. The summed E-state index contributed by atoms with van der Waals surface area (Å²) >= 11 is 0. The lowest BCUT2D eigenvalue weighted by Crippen LogP contribution is -2.08. The van der Waals surface area contributed by atoms with E-state index >= 15 is 0 Å². The molecule has 234 valence electrons. The monoisotopic (exact) mass is 586 g/mol. The van der Waals surface area contributed by atoms with Gasteiger partial charge in [0.15, 0.2) is 5.82 Å². The number of aromatic nitrogens is 2. The van der Waals surface area contributed by atoms with Gasteiger partial charge < -0.3 is 9.47 Å². The van der Waals surface area contributed by atoms with Crippen LogP contribution in [0, 0.1) is 5.92 Å². The van der Waals surface area contributed by atoms with Crippen LogP contribution in [0.1, 0.15) is 133 Å². The standard InChI is InChI=1S/C38H54N2O3/c1-4-6-8-9-10-11-12-15-19-32-29-39-37(40-30-32)33-20-26-36(27-21-33)43-38(41)34-22-24-35(25-23-34)42-28-16-13-14-18-31(3)17-7-5-2/h20-27,29-31H,4-19,28H2,1-3H3/t31-/m0/s1.